The molecule has 2 aromatic carbocycles. The van der Waals surface area contributed by atoms with Crippen LogP contribution in [-0.4, -0.2) is 35.0 Å². The van der Waals surface area contributed by atoms with E-state index in [1.165, 1.54) is 11.3 Å². The lowest BCUT2D eigenvalue weighted by atomic mass is 10.0. The van der Waals surface area contributed by atoms with Crippen molar-refractivity contribution in [1.29, 1.82) is 0 Å². The van der Waals surface area contributed by atoms with Crippen molar-refractivity contribution in [2.45, 2.75) is 23.8 Å². The second kappa shape index (κ2) is 11.8. The first-order valence-electron chi connectivity index (χ1n) is 10.4. The van der Waals surface area contributed by atoms with Crippen LogP contribution in [0, 0.1) is 6.92 Å². The van der Waals surface area contributed by atoms with Gasteiger partial charge < -0.3 is 20.1 Å². The molecule has 2 N–H and O–H groups in total. The van der Waals surface area contributed by atoms with E-state index in [1.807, 2.05) is 60.8 Å². The van der Waals surface area contributed by atoms with Crippen molar-refractivity contribution < 1.29 is 19.1 Å². The van der Waals surface area contributed by atoms with Crippen molar-refractivity contribution >= 4 is 63.0 Å². The van der Waals surface area contributed by atoms with E-state index in [2.05, 4.69) is 10.6 Å². The van der Waals surface area contributed by atoms with Gasteiger partial charge in [0.15, 0.2) is 6.61 Å². The molecule has 0 fully saturated rings. The maximum absolute atomic E-state index is 12.8. The summed E-state index contributed by atoms with van der Waals surface area (Å²) in [6.45, 7) is 3.51. The summed E-state index contributed by atoms with van der Waals surface area (Å²) in [7, 11) is 0. The molecule has 3 rings (SSSR count). The number of hydrogen-bond donors (Lipinski definition) is 2. The number of carbonyl (C=O) groups is 2. The van der Waals surface area contributed by atoms with E-state index in [4.69, 9.17) is 44.3 Å². The molecule has 0 aliphatic rings. The van der Waals surface area contributed by atoms with E-state index in [-0.39, 0.29) is 13.2 Å². The Morgan fingerprint density at radius 1 is 1.06 bits per heavy atom. The summed E-state index contributed by atoms with van der Waals surface area (Å²) in [6, 6.07) is 16.7. The van der Waals surface area contributed by atoms with Crippen LogP contribution >= 0.6 is 46.1 Å². The van der Waals surface area contributed by atoms with E-state index in [0.717, 1.165) is 11.1 Å². The number of rotatable bonds is 9. The first-order valence-corrected chi connectivity index (χ1v) is 12.4. The van der Waals surface area contributed by atoms with Gasteiger partial charge in [-0.1, -0.05) is 83.3 Å². The maximum Gasteiger partial charge on any atom is 0.341 e. The first-order chi connectivity index (χ1) is 16.2. The van der Waals surface area contributed by atoms with Gasteiger partial charge in [-0.05, 0) is 31.0 Å². The monoisotopic (exact) mass is 540 g/mol. The zero-order valence-corrected chi connectivity index (χ0v) is 21.5. The molecule has 0 saturated heterocycles. The van der Waals surface area contributed by atoms with Crippen LogP contribution in [0.25, 0.3) is 11.1 Å². The molecule has 3 aromatic rings. The number of carbonyl (C=O) groups excluding carboxylic acids is 2. The van der Waals surface area contributed by atoms with Crippen LogP contribution < -0.4 is 15.4 Å². The number of aryl methyl sites for hydroxylation is 1. The molecule has 1 amide bonds. The summed E-state index contributed by atoms with van der Waals surface area (Å²) in [5.41, 5.74) is 2.68. The highest BCUT2D eigenvalue weighted by molar-refractivity contribution is 7.15. The van der Waals surface area contributed by atoms with Gasteiger partial charge >= 0.3 is 5.97 Å². The molecule has 0 bridgehead atoms. The lowest BCUT2D eigenvalue weighted by Crippen LogP contribution is -2.50. The third kappa shape index (κ3) is 6.79. The van der Waals surface area contributed by atoms with Crippen molar-refractivity contribution in [3.05, 3.63) is 71.1 Å². The van der Waals surface area contributed by atoms with Crippen LogP contribution in [0.1, 0.15) is 22.8 Å². The maximum atomic E-state index is 12.8. The van der Waals surface area contributed by atoms with Gasteiger partial charge in [-0.2, -0.15) is 0 Å². The predicted octanol–water partition coefficient (Wildman–Crippen LogP) is 6.20. The molecule has 0 aliphatic carbocycles. The Kier molecular flexibility index (Phi) is 9.08. The molecule has 1 atom stereocenters. The highest BCUT2D eigenvalue weighted by Crippen LogP contribution is 2.39. The molecule has 180 valence electrons. The number of ether oxygens (including phenoxy) is 2. The standard InChI is InChI=1S/C24H23Cl3N2O4S/c1-3-32-22(31)20-17(16-10-5-4-6-11-16)14-34-21(20)29-23(24(25,26)27)28-19(30)13-33-18-12-8-7-9-15(18)2/h4-12,14,23,29H,3,13H2,1-2H3,(H,28,30)/t23-/m0/s1. The van der Waals surface area contributed by atoms with Gasteiger partial charge in [-0.3, -0.25) is 4.79 Å². The summed E-state index contributed by atoms with van der Waals surface area (Å²) < 4.78 is 8.91. The average Bonchev–Trinajstić information content (AvgIpc) is 3.22. The number of halogens is 3. The Bertz CT molecular complexity index is 1130. The van der Waals surface area contributed by atoms with E-state index in [0.29, 0.717) is 21.9 Å². The summed E-state index contributed by atoms with van der Waals surface area (Å²) in [5.74, 6) is -0.460. The number of nitrogens with one attached hydrogen (secondary N) is 2. The fraction of sp³-hybridized carbons (Fsp3) is 0.250. The molecular formula is C24H23Cl3N2O4S. The molecule has 1 heterocycles. The van der Waals surface area contributed by atoms with E-state index >= 15 is 0 Å². The largest absolute Gasteiger partial charge is 0.484 e. The molecule has 0 radical (unpaired) electrons. The van der Waals surface area contributed by atoms with Crippen LogP contribution in [0.15, 0.2) is 60.0 Å². The van der Waals surface area contributed by atoms with Gasteiger partial charge in [-0.25, -0.2) is 4.79 Å². The highest BCUT2D eigenvalue weighted by atomic mass is 35.6. The average molecular weight is 542 g/mol. The molecular weight excluding hydrogens is 519 g/mol. The van der Waals surface area contributed by atoms with Crippen molar-refractivity contribution in [2.75, 3.05) is 18.5 Å². The van der Waals surface area contributed by atoms with Gasteiger partial charge in [0.25, 0.3) is 5.91 Å². The van der Waals surface area contributed by atoms with Crippen LogP contribution in [0.4, 0.5) is 5.00 Å². The molecule has 10 heteroatoms. The molecule has 0 aliphatic heterocycles. The molecule has 0 unspecified atom stereocenters. The molecule has 6 nitrogen and oxygen atoms in total. The number of anilines is 1. The van der Waals surface area contributed by atoms with Crippen molar-refractivity contribution in [3.8, 4) is 16.9 Å². The van der Waals surface area contributed by atoms with E-state index in [1.54, 1.807) is 13.0 Å². The van der Waals surface area contributed by atoms with E-state index in [9.17, 15) is 9.59 Å². The number of esters is 1. The molecule has 1 aromatic heterocycles. The van der Waals surface area contributed by atoms with Crippen LogP contribution in [0.2, 0.25) is 0 Å². The first kappa shape index (κ1) is 26.2. The second-order valence-corrected chi connectivity index (χ2v) is 10.4. The number of benzene rings is 2. The number of alkyl halides is 3. The number of para-hydroxylation sites is 1. The van der Waals surface area contributed by atoms with Gasteiger partial charge in [0.05, 0.1) is 6.61 Å². The van der Waals surface area contributed by atoms with Gasteiger partial charge in [-0.15, -0.1) is 11.3 Å². The van der Waals surface area contributed by atoms with Gasteiger partial charge in [0, 0.05) is 10.9 Å². The van der Waals surface area contributed by atoms with E-state index < -0.39 is 21.8 Å². The SMILES string of the molecule is CCOC(=O)c1c(-c2ccccc2)csc1N[C@H](NC(=O)COc1ccccc1C)C(Cl)(Cl)Cl. The van der Waals surface area contributed by atoms with Crippen molar-refractivity contribution in [2.24, 2.45) is 0 Å². The quantitative estimate of drug-likeness (QED) is 0.191. The second-order valence-electron chi connectivity index (χ2n) is 7.18. The van der Waals surface area contributed by atoms with Gasteiger partial charge in [0.2, 0.25) is 3.79 Å². The summed E-state index contributed by atoms with van der Waals surface area (Å²) in [5, 5.41) is 7.82. The Morgan fingerprint density at radius 3 is 2.38 bits per heavy atom. The number of hydrogen-bond acceptors (Lipinski definition) is 6. The highest BCUT2D eigenvalue weighted by Gasteiger charge is 2.36. The third-order valence-corrected chi connectivity index (χ3v) is 6.28. The molecule has 0 saturated carbocycles. The van der Waals surface area contributed by atoms with Crippen LogP contribution in [0.3, 0.4) is 0 Å². The third-order valence-electron chi connectivity index (χ3n) is 4.72. The topological polar surface area (TPSA) is 76.7 Å². The Balaban J connectivity index is 1.82. The fourth-order valence-electron chi connectivity index (χ4n) is 3.10. The predicted molar refractivity (Wildman–Crippen MR) is 138 cm³/mol. The van der Waals surface area contributed by atoms with Gasteiger partial charge in [0.1, 0.15) is 22.5 Å². The summed E-state index contributed by atoms with van der Waals surface area (Å²) >= 11 is 19.7. The summed E-state index contributed by atoms with van der Waals surface area (Å²) in [6.07, 6.45) is -1.15. The zero-order valence-electron chi connectivity index (χ0n) is 18.4. The fourth-order valence-corrected chi connectivity index (χ4v) is 4.41. The normalized spacial score (nSPS) is 12.0. The van der Waals surface area contributed by atoms with Crippen LogP contribution in [0.5, 0.6) is 5.75 Å². The number of thiophene rings is 1. The summed E-state index contributed by atoms with van der Waals surface area (Å²) in [4.78, 5) is 25.4. The minimum atomic E-state index is -1.93. The minimum absolute atomic E-state index is 0.198. The number of amides is 1. The minimum Gasteiger partial charge on any atom is -0.484 e. The lowest BCUT2D eigenvalue weighted by molar-refractivity contribution is -0.123. The Hall–Kier alpha value is -2.45. The molecule has 34 heavy (non-hydrogen) atoms. The van der Waals surface area contributed by atoms with Crippen molar-refractivity contribution in [1.82, 2.24) is 5.32 Å². The smallest absolute Gasteiger partial charge is 0.341 e. The lowest BCUT2D eigenvalue weighted by Gasteiger charge is -2.27. The Morgan fingerprint density at radius 2 is 1.74 bits per heavy atom. The van der Waals surface area contributed by atoms with Crippen molar-refractivity contribution in [3.63, 3.8) is 0 Å². The van der Waals surface area contributed by atoms with Crippen LogP contribution in [-0.2, 0) is 9.53 Å². The Labute approximate surface area is 217 Å². The zero-order chi connectivity index (χ0) is 24.7. The molecule has 0 spiro atoms.